The maximum atomic E-state index is 11.3. The Kier molecular flexibility index (Phi) is 4.25. The fourth-order valence-electron chi connectivity index (χ4n) is 4.05. The molecule has 0 bridgehead atoms. The molecule has 4 nitrogen and oxygen atoms in total. The summed E-state index contributed by atoms with van der Waals surface area (Å²) < 4.78 is 5.87. The third-order valence-electron chi connectivity index (χ3n) is 5.22. The van der Waals surface area contributed by atoms with Crippen LogP contribution in [0.25, 0.3) is 0 Å². The van der Waals surface area contributed by atoms with Gasteiger partial charge in [0.2, 0.25) is 0 Å². The number of carbonyl (C=O) groups is 1. The first-order valence-electron chi connectivity index (χ1n) is 8.82. The predicted octanol–water partition coefficient (Wildman–Crippen LogP) is 4.78. The molecule has 4 heteroatoms. The number of anilines is 1. The van der Waals surface area contributed by atoms with Gasteiger partial charge in [0.05, 0.1) is 11.6 Å². The van der Waals surface area contributed by atoms with Gasteiger partial charge in [0.15, 0.2) is 0 Å². The van der Waals surface area contributed by atoms with E-state index in [9.17, 15) is 9.90 Å². The lowest BCUT2D eigenvalue weighted by atomic mass is 9.76. The van der Waals surface area contributed by atoms with Gasteiger partial charge in [-0.1, -0.05) is 43.0 Å². The van der Waals surface area contributed by atoms with Gasteiger partial charge in [0.1, 0.15) is 12.4 Å². The van der Waals surface area contributed by atoms with Crippen molar-refractivity contribution in [2.75, 3.05) is 11.9 Å². The van der Waals surface area contributed by atoms with Gasteiger partial charge in [-0.05, 0) is 42.2 Å². The number of fused-ring (bicyclic) bond motifs is 3. The van der Waals surface area contributed by atoms with Crippen LogP contribution in [0.15, 0.2) is 67.3 Å². The van der Waals surface area contributed by atoms with E-state index in [0.717, 1.165) is 29.0 Å². The van der Waals surface area contributed by atoms with E-state index in [0.29, 0.717) is 18.1 Å². The molecule has 2 aromatic carbocycles. The minimum absolute atomic E-state index is 0.110. The lowest BCUT2D eigenvalue weighted by Gasteiger charge is -2.38. The molecule has 4 rings (SSSR count). The highest BCUT2D eigenvalue weighted by Gasteiger charge is 2.39. The zero-order valence-corrected chi connectivity index (χ0v) is 14.4. The van der Waals surface area contributed by atoms with Crippen molar-refractivity contribution < 1.29 is 14.6 Å². The highest BCUT2D eigenvalue weighted by atomic mass is 16.5. The van der Waals surface area contributed by atoms with Gasteiger partial charge in [0, 0.05) is 17.2 Å². The van der Waals surface area contributed by atoms with Gasteiger partial charge in [-0.3, -0.25) is 0 Å². The molecule has 2 N–H and O–H groups in total. The minimum Gasteiger partial charge on any atom is -0.489 e. The summed E-state index contributed by atoms with van der Waals surface area (Å²) in [6.07, 6.45) is 7.10. The second-order valence-electron chi connectivity index (χ2n) is 6.72. The van der Waals surface area contributed by atoms with Crippen LogP contribution in [0, 0.1) is 5.92 Å². The predicted molar refractivity (Wildman–Crippen MR) is 102 cm³/mol. The normalized spacial score (nSPS) is 22.8. The molecular weight excluding hydrogens is 326 g/mol. The Morgan fingerprint density at radius 3 is 2.92 bits per heavy atom. The number of para-hydroxylation sites is 1. The summed E-state index contributed by atoms with van der Waals surface area (Å²) in [6.45, 7) is 4.19. The summed E-state index contributed by atoms with van der Waals surface area (Å²) in [5.74, 6) is 0.515. The molecule has 1 aliphatic heterocycles. The Hall–Kier alpha value is -3.01. The molecule has 2 aliphatic rings. The Balaban J connectivity index is 1.75. The number of ether oxygens (including phenoxy) is 1. The Labute approximate surface area is 152 Å². The van der Waals surface area contributed by atoms with Gasteiger partial charge >= 0.3 is 5.97 Å². The molecule has 0 aromatic heterocycles. The van der Waals surface area contributed by atoms with E-state index < -0.39 is 5.97 Å². The monoisotopic (exact) mass is 347 g/mol. The number of carboxylic acid groups (broad SMARTS) is 1. The summed E-state index contributed by atoms with van der Waals surface area (Å²) in [5, 5.41) is 12.9. The van der Waals surface area contributed by atoms with Crippen molar-refractivity contribution in [3.63, 3.8) is 0 Å². The maximum Gasteiger partial charge on any atom is 0.335 e. The standard InChI is InChI=1S/C22H21NO3/c1-2-12-26-20-9-4-3-6-17(20)21-16-8-5-7-15(16)18-13-14(22(24)25)10-11-19(18)23-21/h2-7,9-11,13,15-16,21,23H,1,8,12H2,(H,24,25)/t15-,16-,21-/m0/s1. The van der Waals surface area contributed by atoms with Gasteiger partial charge in [-0.2, -0.15) is 0 Å². The number of benzene rings is 2. The Morgan fingerprint density at radius 1 is 1.27 bits per heavy atom. The fraction of sp³-hybridized carbons (Fsp3) is 0.227. The molecule has 0 fully saturated rings. The van der Waals surface area contributed by atoms with E-state index in [1.54, 1.807) is 18.2 Å². The van der Waals surface area contributed by atoms with Crippen LogP contribution < -0.4 is 10.1 Å². The van der Waals surface area contributed by atoms with Crippen LogP contribution in [0.3, 0.4) is 0 Å². The summed E-state index contributed by atoms with van der Waals surface area (Å²) >= 11 is 0. The molecule has 0 radical (unpaired) electrons. The zero-order chi connectivity index (χ0) is 18.1. The Morgan fingerprint density at radius 2 is 2.12 bits per heavy atom. The number of rotatable bonds is 5. The highest BCUT2D eigenvalue weighted by Crippen LogP contribution is 2.51. The van der Waals surface area contributed by atoms with Crippen LogP contribution in [-0.4, -0.2) is 17.7 Å². The van der Waals surface area contributed by atoms with Crippen LogP contribution in [0.1, 0.15) is 39.9 Å². The highest BCUT2D eigenvalue weighted by molar-refractivity contribution is 5.89. The van der Waals surface area contributed by atoms with E-state index in [2.05, 4.69) is 30.1 Å². The van der Waals surface area contributed by atoms with Gasteiger partial charge in [-0.15, -0.1) is 0 Å². The first-order chi connectivity index (χ1) is 12.7. The van der Waals surface area contributed by atoms with E-state index in [1.165, 1.54) is 0 Å². The first-order valence-corrected chi connectivity index (χ1v) is 8.82. The lowest BCUT2D eigenvalue weighted by Crippen LogP contribution is -2.29. The zero-order valence-electron chi connectivity index (χ0n) is 14.4. The van der Waals surface area contributed by atoms with E-state index >= 15 is 0 Å². The third-order valence-corrected chi connectivity index (χ3v) is 5.22. The molecule has 1 heterocycles. The molecule has 0 unspecified atom stereocenters. The fourth-order valence-corrected chi connectivity index (χ4v) is 4.05. The second kappa shape index (κ2) is 6.71. The van der Waals surface area contributed by atoms with Crippen LogP contribution in [0.4, 0.5) is 5.69 Å². The molecule has 26 heavy (non-hydrogen) atoms. The Bertz CT molecular complexity index is 887. The van der Waals surface area contributed by atoms with Gasteiger partial charge in [-0.25, -0.2) is 4.79 Å². The first kappa shape index (κ1) is 16.5. The SMILES string of the molecule is C=CCOc1ccccc1[C@H]1Nc2ccc(C(=O)O)cc2[C@H]2C=CC[C@@H]21. The molecule has 0 saturated heterocycles. The van der Waals surface area contributed by atoms with Crippen molar-refractivity contribution in [3.8, 4) is 5.75 Å². The topological polar surface area (TPSA) is 58.6 Å². The largest absolute Gasteiger partial charge is 0.489 e. The molecule has 0 spiro atoms. The van der Waals surface area contributed by atoms with Crippen molar-refractivity contribution in [3.05, 3.63) is 84.0 Å². The van der Waals surface area contributed by atoms with Crippen LogP contribution >= 0.6 is 0 Å². The quantitative estimate of drug-likeness (QED) is 0.765. The molecular formula is C22H21NO3. The number of allylic oxidation sites excluding steroid dienone is 2. The van der Waals surface area contributed by atoms with Crippen molar-refractivity contribution in [2.45, 2.75) is 18.4 Å². The number of hydrogen-bond acceptors (Lipinski definition) is 3. The number of carboxylic acids is 1. The number of aromatic carboxylic acids is 1. The molecule has 1 aliphatic carbocycles. The van der Waals surface area contributed by atoms with Crippen molar-refractivity contribution in [1.29, 1.82) is 0 Å². The number of hydrogen-bond donors (Lipinski definition) is 2. The van der Waals surface area contributed by atoms with Gasteiger partial charge < -0.3 is 15.2 Å². The van der Waals surface area contributed by atoms with Crippen molar-refractivity contribution in [2.24, 2.45) is 5.92 Å². The molecule has 3 atom stereocenters. The maximum absolute atomic E-state index is 11.3. The summed E-state index contributed by atoms with van der Waals surface area (Å²) in [5.41, 5.74) is 3.51. The average Bonchev–Trinajstić information content (AvgIpc) is 3.15. The average molecular weight is 347 g/mol. The van der Waals surface area contributed by atoms with Crippen LogP contribution in [-0.2, 0) is 0 Å². The lowest BCUT2D eigenvalue weighted by molar-refractivity contribution is 0.0696. The summed E-state index contributed by atoms with van der Waals surface area (Å²) in [4.78, 5) is 11.3. The van der Waals surface area contributed by atoms with Gasteiger partial charge in [0.25, 0.3) is 0 Å². The van der Waals surface area contributed by atoms with Crippen molar-refractivity contribution >= 4 is 11.7 Å². The van der Waals surface area contributed by atoms with E-state index in [1.807, 2.05) is 24.3 Å². The second-order valence-corrected chi connectivity index (χ2v) is 6.72. The minimum atomic E-state index is -0.892. The van der Waals surface area contributed by atoms with Crippen LogP contribution in [0.2, 0.25) is 0 Å². The summed E-state index contributed by atoms with van der Waals surface area (Å²) in [7, 11) is 0. The number of nitrogens with one attached hydrogen (secondary N) is 1. The smallest absolute Gasteiger partial charge is 0.335 e. The summed E-state index contributed by atoms with van der Waals surface area (Å²) in [6, 6.07) is 13.5. The third kappa shape index (κ3) is 2.77. The van der Waals surface area contributed by atoms with Crippen molar-refractivity contribution in [1.82, 2.24) is 0 Å². The van der Waals surface area contributed by atoms with E-state index in [4.69, 9.17) is 4.74 Å². The van der Waals surface area contributed by atoms with E-state index in [-0.39, 0.29) is 12.0 Å². The molecule has 132 valence electrons. The van der Waals surface area contributed by atoms with Crippen LogP contribution in [0.5, 0.6) is 5.75 Å². The molecule has 0 amide bonds. The molecule has 2 aromatic rings. The molecule has 0 saturated carbocycles.